The number of imidazole rings is 1. The lowest BCUT2D eigenvalue weighted by Crippen LogP contribution is -2.40. The maximum atomic E-state index is 13.9. The van der Waals surface area contributed by atoms with Gasteiger partial charge in [0.1, 0.15) is 11.4 Å². The summed E-state index contributed by atoms with van der Waals surface area (Å²) < 4.78 is 43.7. The van der Waals surface area contributed by atoms with E-state index in [0.29, 0.717) is 22.5 Å². The number of hydrogen-bond acceptors (Lipinski definition) is 4. The molecular weight excluding hydrogens is 523 g/mol. The van der Waals surface area contributed by atoms with Gasteiger partial charge in [0.25, 0.3) is 5.91 Å². The molecule has 0 saturated carbocycles. The van der Waals surface area contributed by atoms with E-state index in [4.69, 9.17) is 0 Å². The van der Waals surface area contributed by atoms with Crippen LogP contribution in [0.2, 0.25) is 0 Å². The Bertz CT molecular complexity index is 1780. The fourth-order valence-electron chi connectivity index (χ4n) is 5.10. The number of halogens is 3. The number of aryl methyl sites for hydroxylation is 2. The predicted octanol–water partition coefficient (Wildman–Crippen LogP) is 4.47. The molecule has 1 atom stereocenters. The van der Waals surface area contributed by atoms with E-state index in [2.05, 4.69) is 15.6 Å². The average Bonchev–Trinajstić information content (AvgIpc) is 3.32. The minimum atomic E-state index is -4.62. The minimum Gasteiger partial charge on any atom is -0.320 e. The van der Waals surface area contributed by atoms with Gasteiger partial charge in [0.2, 0.25) is 0 Å². The lowest BCUT2D eigenvalue weighted by molar-refractivity contribution is -0.137. The first-order valence-electron chi connectivity index (χ1n) is 12.4. The van der Waals surface area contributed by atoms with Crippen molar-refractivity contribution in [1.82, 2.24) is 19.8 Å². The molecule has 1 aromatic heterocycles. The molecule has 0 radical (unpaired) electrons. The smallest absolute Gasteiger partial charge is 0.320 e. The van der Waals surface area contributed by atoms with Crippen LogP contribution >= 0.6 is 0 Å². The van der Waals surface area contributed by atoms with Gasteiger partial charge in [0, 0.05) is 12.6 Å². The highest BCUT2D eigenvalue weighted by Gasteiger charge is 2.43. The first kappa shape index (κ1) is 26.9. The Hall–Kier alpha value is -4.67. The molecule has 0 unspecified atom stereocenters. The number of aromatic nitrogens is 2. The van der Waals surface area contributed by atoms with Gasteiger partial charge >= 0.3 is 17.9 Å². The molecule has 1 aliphatic rings. The van der Waals surface area contributed by atoms with Crippen molar-refractivity contribution in [2.45, 2.75) is 39.0 Å². The van der Waals surface area contributed by atoms with Crippen LogP contribution < -0.4 is 16.3 Å². The highest BCUT2D eigenvalue weighted by atomic mass is 19.4. The number of hydrogen-bond donors (Lipinski definition) is 2. The summed E-state index contributed by atoms with van der Waals surface area (Å²) in [5.74, 6) is -0.229. The van der Waals surface area contributed by atoms with E-state index in [-0.39, 0.29) is 17.6 Å². The number of alkyl halides is 3. The Kier molecular flexibility index (Phi) is 6.40. The van der Waals surface area contributed by atoms with Crippen molar-refractivity contribution in [2.24, 2.45) is 4.99 Å². The number of nitrogens with one attached hydrogen (secondary N) is 2. The topological polar surface area (TPSA) is 97.5 Å². The molecule has 1 aliphatic heterocycles. The van der Waals surface area contributed by atoms with E-state index in [1.165, 1.54) is 22.2 Å². The summed E-state index contributed by atoms with van der Waals surface area (Å²) in [5, 5.41) is 4.80. The van der Waals surface area contributed by atoms with E-state index in [1.807, 2.05) is 32.0 Å². The van der Waals surface area contributed by atoms with Crippen LogP contribution in [0.3, 0.4) is 0 Å². The molecule has 1 fully saturated rings. The van der Waals surface area contributed by atoms with Crippen molar-refractivity contribution in [1.29, 1.82) is 0 Å². The van der Waals surface area contributed by atoms with Crippen LogP contribution in [0.5, 0.6) is 0 Å². The third-order valence-corrected chi connectivity index (χ3v) is 7.19. The number of urea groups is 1. The Morgan fingerprint density at radius 2 is 1.73 bits per heavy atom. The minimum absolute atomic E-state index is 0.0780. The monoisotopic (exact) mass is 549 g/mol. The van der Waals surface area contributed by atoms with E-state index < -0.39 is 34.9 Å². The van der Waals surface area contributed by atoms with Crippen molar-refractivity contribution < 1.29 is 22.8 Å². The molecule has 2 heterocycles. The number of carbonyl (C=O) groups excluding carboxylic acids is 2. The Balaban J connectivity index is 1.69. The molecule has 0 bridgehead atoms. The largest absolute Gasteiger partial charge is 0.416 e. The number of benzene rings is 3. The molecule has 0 spiro atoms. The van der Waals surface area contributed by atoms with Crippen molar-refractivity contribution in [3.05, 3.63) is 105 Å². The van der Waals surface area contributed by atoms with Crippen LogP contribution in [-0.4, -0.2) is 34.0 Å². The summed E-state index contributed by atoms with van der Waals surface area (Å²) in [5.41, 5.74) is 1.11. The maximum Gasteiger partial charge on any atom is 0.416 e. The van der Waals surface area contributed by atoms with Gasteiger partial charge in [-0.15, -0.1) is 0 Å². The third-order valence-electron chi connectivity index (χ3n) is 7.19. The van der Waals surface area contributed by atoms with Crippen molar-refractivity contribution in [2.75, 3.05) is 7.05 Å². The Labute approximate surface area is 227 Å². The van der Waals surface area contributed by atoms with Gasteiger partial charge in [-0.05, 0) is 55.7 Å². The van der Waals surface area contributed by atoms with E-state index in [0.717, 1.165) is 23.3 Å². The Morgan fingerprint density at radius 3 is 2.35 bits per heavy atom. The van der Waals surface area contributed by atoms with Crippen LogP contribution in [0, 0.1) is 13.8 Å². The molecule has 2 N–H and O–H groups in total. The fraction of sp³-hybridized carbons (Fsp3) is 0.241. The molecule has 5 rings (SSSR count). The maximum absolute atomic E-state index is 13.9. The molecule has 206 valence electrons. The van der Waals surface area contributed by atoms with Crippen LogP contribution in [0.25, 0.3) is 11.0 Å². The summed E-state index contributed by atoms with van der Waals surface area (Å²) in [6, 6.07) is 14.9. The van der Waals surface area contributed by atoms with E-state index in [9.17, 15) is 27.6 Å². The molecule has 1 saturated heterocycles. The van der Waals surface area contributed by atoms with E-state index in [1.54, 1.807) is 31.2 Å². The average molecular weight is 550 g/mol. The van der Waals surface area contributed by atoms with Crippen molar-refractivity contribution in [3.8, 4) is 0 Å². The van der Waals surface area contributed by atoms with Crippen LogP contribution in [0.4, 0.5) is 18.0 Å². The molecule has 4 aromatic rings. The number of rotatable bonds is 4. The van der Waals surface area contributed by atoms with Crippen molar-refractivity contribution in [3.63, 3.8) is 0 Å². The number of imide groups is 1. The molecule has 40 heavy (non-hydrogen) atoms. The quantitative estimate of drug-likeness (QED) is 0.223. The molecule has 3 aromatic carbocycles. The zero-order valence-electron chi connectivity index (χ0n) is 22.2. The molecule has 11 heteroatoms. The van der Waals surface area contributed by atoms with Gasteiger partial charge in [0.15, 0.2) is 0 Å². The van der Waals surface area contributed by atoms with Crippen LogP contribution in [-0.2, 0) is 23.1 Å². The van der Waals surface area contributed by atoms with Crippen molar-refractivity contribution >= 4 is 28.8 Å². The van der Waals surface area contributed by atoms with Gasteiger partial charge in [0.05, 0.1) is 23.1 Å². The Morgan fingerprint density at radius 1 is 0.975 bits per heavy atom. The van der Waals surface area contributed by atoms with Gasteiger partial charge in [-0.1, -0.05) is 48.0 Å². The molecule has 3 amide bonds. The summed E-state index contributed by atoms with van der Waals surface area (Å²) in [6.45, 7) is 5.27. The third kappa shape index (κ3) is 4.47. The standard InChI is InChI=1S/C29H26F3N5O3/c1-16-8-10-21(17(2)12-16)24(33-4)37-22-11-9-20(29(30,31)32)14-23(22)36(27(37)40)15-18-6-5-7-19(13-18)28(3)25(38)34-26(39)35-28/h5-14H,15H2,1-4H3,(H2,34,35,38,39)/t28-/m1/s1. The summed E-state index contributed by atoms with van der Waals surface area (Å²) in [6.07, 6.45) is -4.62. The highest BCUT2D eigenvalue weighted by Crippen LogP contribution is 2.32. The second-order valence-corrected chi connectivity index (χ2v) is 10.0. The first-order valence-corrected chi connectivity index (χ1v) is 12.4. The second-order valence-electron chi connectivity index (χ2n) is 10.0. The summed E-state index contributed by atoms with van der Waals surface area (Å²) >= 11 is 0. The summed E-state index contributed by atoms with van der Waals surface area (Å²) in [7, 11) is 1.53. The first-order chi connectivity index (χ1) is 18.8. The predicted molar refractivity (Wildman–Crippen MR) is 145 cm³/mol. The number of carbonyl (C=O) groups is 2. The number of amides is 3. The lowest BCUT2D eigenvalue weighted by Gasteiger charge is -2.21. The molecule has 8 nitrogen and oxygen atoms in total. The number of fused-ring (bicyclic) bond motifs is 1. The SMILES string of the molecule is CN=C(c1ccc(C)cc1C)n1c(=O)n(Cc2cccc([C@@]3(C)NC(=O)NC3=O)c2)c2cc(C(F)(F)F)ccc21. The van der Waals surface area contributed by atoms with Gasteiger partial charge < -0.3 is 5.32 Å². The molecular formula is C29H26F3N5O3. The number of aliphatic imine (C=N–C) groups is 1. The fourth-order valence-corrected chi connectivity index (χ4v) is 5.10. The normalized spacial score (nSPS) is 17.8. The van der Waals surface area contributed by atoms with E-state index >= 15 is 0 Å². The van der Waals surface area contributed by atoms with Crippen LogP contribution in [0.15, 0.2) is 70.5 Å². The van der Waals surface area contributed by atoms with Gasteiger partial charge in [-0.2, -0.15) is 13.2 Å². The zero-order chi connectivity index (χ0) is 29.0. The van der Waals surface area contributed by atoms with Crippen LogP contribution in [0.1, 0.15) is 40.3 Å². The zero-order valence-corrected chi connectivity index (χ0v) is 22.2. The lowest BCUT2D eigenvalue weighted by atomic mass is 9.91. The summed E-state index contributed by atoms with van der Waals surface area (Å²) in [4.78, 5) is 42.6. The second kappa shape index (κ2) is 9.51. The van der Waals surface area contributed by atoms with Gasteiger partial charge in [-0.3, -0.25) is 19.7 Å². The van der Waals surface area contributed by atoms with Gasteiger partial charge in [-0.25, -0.2) is 14.2 Å². The molecule has 0 aliphatic carbocycles. The highest BCUT2D eigenvalue weighted by molar-refractivity contribution is 6.07. The number of nitrogens with zero attached hydrogens (tertiary/aromatic N) is 3.